The first-order valence-electron chi connectivity index (χ1n) is 4.12. The lowest BCUT2D eigenvalue weighted by Crippen LogP contribution is -1.97. The maximum absolute atomic E-state index is 10.5. The van der Waals surface area contributed by atoms with Gasteiger partial charge in [-0.25, -0.2) is 0 Å². The lowest BCUT2D eigenvalue weighted by Gasteiger charge is -2.07. The highest BCUT2D eigenvalue weighted by Crippen LogP contribution is 2.14. The third kappa shape index (κ3) is 3.77. The molecule has 0 radical (unpaired) electrons. The van der Waals surface area contributed by atoms with Crippen LogP contribution < -0.4 is 4.74 Å². The van der Waals surface area contributed by atoms with Crippen LogP contribution in [0, 0.1) is 0 Å². The van der Waals surface area contributed by atoms with Crippen molar-refractivity contribution >= 4 is 27.0 Å². The molecule has 0 aliphatic rings. The van der Waals surface area contributed by atoms with Crippen LogP contribution in [0.25, 0.3) is 0 Å². The van der Waals surface area contributed by atoms with Crippen molar-refractivity contribution in [2.75, 3.05) is 11.9 Å². The second-order valence-electron chi connectivity index (χ2n) is 2.60. The molecule has 0 spiro atoms. The van der Waals surface area contributed by atoms with E-state index in [0.717, 1.165) is 11.8 Å². The maximum Gasteiger partial charge on any atom is 0.119 e. The molecule has 0 fully saturated rings. The van der Waals surface area contributed by atoms with E-state index in [1.165, 1.54) is 12.1 Å². The fourth-order valence-corrected chi connectivity index (χ4v) is 1.48. The first-order chi connectivity index (χ1) is 6.74. The van der Waals surface area contributed by atoms with Crippen molar-refractivity contribution in [1.82, 2.24) is 0 Å². The minimum absolute atomic E-state index is 0.276. The van der Waals surface area contributed by atoms with E-state index >= 15 is 0 Å². The van der Waals surface area contributed by atoms with E-state index in [0.29, 0.717) is 12.4 Å². The summed E-state index contributed by atoms with van der Waals surface area (Å²) in [5, 5.41) is 0.898. The summed E-state index contributed by atoms with van der Waals surface area (Å²) in [4.78, 5) is 0.276. The van der Waals surface area contributed by atoms with E-state index in [9.17, 15) is 8.76 Å². The molecule has 0 saturated carbocycles. The number of ether oxygens (including phenoxy) is 1. The summed E-state index contributed by atoms with van der Waals surface area (Å²) in [5.74, 6) is 0.695. The number of hydrogen-bond acceptors (Lipinski definition) is 3. The molecule has 0 amide bonds. The molecule has 0 aromatic heterocycles. The van der Waals surface area contributed by atoms with Crippen LogP contribution in [0.4, 0.5) is 0 Å². The Balaban J connectivity index is 2.51. The van der Waals surface area contributed by atoms with Crippen LogP contribution in [0.3, 0.4) is 0 Å². The van der Waals surface area contributed by atoms with Crippen molar-refractivity contribution in [2.45, 2.75) is 11.3 Å². The van der Waals surface area contributed by atoms with Gasteiger partial charge >= 0.3 is 0 Å². The molecule has 14 heavy (non-hydrogen) atoms. The molecule has 1 rings (SSSR count). The second kappa shape index (κ2) is 6.16. The Kier molecular flexibility index (Phi) is 5.14. The summed E-state index contributed by atoms with van der Waals surface area (Å²) < 4.78 is 26.4. The number of benzene rings is 1. The van der Waals surface area contributed by atoms with Gasteiger partial charge in [-0.15, -0.1) is 0 Å². The normalized spacial score (nSPS) is 12.4. The number of hydrogen-bond donors (Lipinski definition) is 0. The molecule has 5 heteroatoms. The Morgan fingerprint density at radius 3 is 2.50 bits per heavy atom. The molecular formula is C9H10BrO3S-. The standard InChI is InChI=1S/C9H11BrO3S/c10-6-1-7-13-8-2-4-9(5-3-8)14(11)12/h2-5H,1,6-7H2,(H,11,12)/p-1. The summed E-state index contributed by atoms with van der Waals surface area (Å²) in [6.07, 6.45) is 0.926. The molecule has 0 aliphatic heterocycles. The molecule has 1 aromatic rings. The molecule has 0 N–H and O–H groups in total. The molecule has 0 saturated heterocycles. The Morgan fingerprint density at radius 1 is 1.36 bits per heavy atom. The van der Waals surface area contributed by atoms with Crippen LogP contribution in [-0.4, -0.2) is 20.7 Å². The zero-order valence-corrected chi connectivity index (χ0v) is 9.84. The van der Waals surface area contributed by atoms with Crippen LogP contribution in [0.15, 0.2) is 29.2 Å². The monoisotopic (exact) mass is 277 g/mol. The van der Waals surface area contributed by atoms with Crippen LogP contribution in [-0.2, 0) is 11.1 Å². The van der Waals surface area contributed by atoms with Gasteiger partial charge in [0.25, 0.3) is 0 Å². The highest BCUT2D eigenvalue weighted by Gasteiger charge is 1.95. The predicted molar refractivity (Wildman–Crippen MR) is 57.5 cm³/mol. The highest BCUT2D eigenvalue weighted by molar-refractivity contribution is 9.09. The maximum atomic E-state index is 10.5. The molecule has 1 aromatic carbocycles. The highest BCUT2D eigenvalue weighted by atomic mass is 79.9. The lowest BCUT2D eigenvalue weighted by atomic mass is 10.3. The summed E-state index contributed by atoms with van der Waals surface area (Å²) >= 11 is 1.13. The van der Waals surface area contributed by atoms with Gasteiger partial charge in [-0.2, -0.15) is 0 Å². The molecule has 1 atom stereocenters. The van der Waals surface area contributed by atoms with Gasteiger partial charge in [0, 0.05) is 10.2 Å². The van der Waals surface area contributed by atoms with Crippen molar-refractivity contribution in [1.29, 1.82) is 0 Å². The Hall–Kier alpha value is -0.390. The molecular weight excluding hydrogens is 268 g/mol. The Morgan fingerprint density at radius 2 is 2.00 bits per heavy atom. The van der Waals surface area contributed by atoms with Crippen molar-refractivity contribution in [3.8, 4) is 5.75 Å². The van der Waals surface area contributed by atoms with Gasteiger partial charge in [-0.05, 0) is 41.8 Å². The summed E-state index contributed by atoms with van der Waals surface area (Å²) in [6, 6.07) is 6.35. The minimum Gasteiger partial charge on any atom is -0.768 e. The lowest BCUT2D eigenvalue weighted by molar-refractivity contribution is 0.319. The van der Waals surface area contributed by atoms with Gasteiger partial charge in [0.1, 0.15) is 5.75 Å². The van der Waals surface area contributed by atoms with E-state index in [2.05, 4.69) is 15.9 Å². The molecule has 0 aliphatic carbocycles. The molecule has 1 unspecified atom stereocenters. The van der Waals surface area contributed by atoms with Gasteiger partial charge < -0.3 is 9.29 Å². The Labute approximate surface area is 93.9 Å². The van der Waals surface area contributed by atoms with Gasteiger partial charge in [0.2, 0.25) is 0 Å². The van der Waals surface area contributed by atoms with Crippen molar-refractivity contribution < 1.29 is 13.5 Å². The van der Waals surface area contributed by atoms with Crippen molar-refractivity contribution in [2.24, 2.45) is 0 Å². The van der Waals surface area contributed by atoms with Crippen molar-refractivity contribution in [3.05, 3.63) is 24.3 Å². The number of alkyl halides is 1. The molecule has 78 valence electrons. The third-order valence-electron chi connectivity index (χ3n) is 1.56. The SMILES string of the molecule is O=S([O-])c1ccc(OCCCBr)cc1. The third-order valence-corrected chi connectivity index (χ3v) is 2.78. The van der Waals surface area contributed by atoms with E-state index < -0.39 is 11.1 Å². The van der Waals surface area contributed by atoms with E-state index in [4.69, 9.17) is 4.74 Å². The number of rotatable bonds is 5. The summed E-state index contributed by atoms with van der Waals surface area (Å²) in [7, 11) is 0. The first-order valence-corrected chi connectivity index (χ1v) is 6.32. The quantitative estimate of drug-likeness (QED) is 0.471. The van der Waals surface area contributed by atoms with Crippen molar-refractivity contribution in [3.63, 3.8) is 0 Å². The Bertz CT molecular complexity index is 299. The average Bonchev–Trinajstić information content (AvgIpc) is 2.19. The molecule has 0 heterocycles. The molecule has 0 bridgehead atoms. The van der Waals surface area contributed by atoms with E-state index in [-0.39, 0.29) is 4.90 Å². The molecule has 3 nitrogen and oxygen atoms in total. The van der Waals surface area contributed by atoms with E-state index in [1.54, 1.807) is 12.1 Å². The smallest absolute Gasteiger partial charge is 0.119 e. The van der Waals surface area contributed by atoms with Crippen LogP contribution in [0.1, 0.15) is 6.42 Å². The van der Waals surface area contributed by atoms with Gasteiger partial charge in [-0.3, -0.25) is 4.21 Å². The predicted octanol–water partition coefficient (Wildman–Crippen LogP) is 2.09. The zero-order valence-electron chi connectivity index (χ0n) is 7.44. The topological polar surface area (TPSA) is 49.4 Å². The van der Waals surface area contributed by atoms with E-state index in [1.807, 2.05) is 0 Å². The summed E-state index contributed by atoms with van der Waals surface area (Å²) in [5.41, 5.74) is 0. The largest absolute Gasteiger partial charge is 0.768 e. The van der Waals surface area contributed by atoms with Gasteiger partial charge in [0.15, 0.2) is 0 Å². The van der Waals surface area contributed by atoms with Gasteiger partial charge in [0.05, 0.1) is 6.61 Å². The fraction of sp³-hybridized carbons (Fsp3) is 0.333. The van der Waals surface area contributed by atoms with Crippen LogP contribution in [0.5, 0.6) is 5.75 Å². The average molecular weight is 278 g/mol. The zero-order chi connectivity index (χ0) is 10.4. The minimum atomic E-state index is -2.16. The fourth-order valence-electron chi connectivity index (χ4n) is 0.892. The summed E-state index contributed by atoms with van der Waals surface area (Å²) in [6.45, 7) is 0.630. The number of halogens is 1. The second-order valence-corrected chi connectivity index (χ2v) is 4.33. The van der Waals surface area contributed by atoms with Gasteiger partial charge in [-0.1, -0.05) is 15.9 Å². The van der Waals surface area contributed by atoms with Crippen LogP contribution in [0.2, 0.25) is 0 Å². The first kappa shape index (κ1) is 11.7. The van der Waals surface area contributed by atoms with Crippen LogP contribution >= 0.6 is 15.9 Å².